The van der Waals surface area contributed by atoms with Gasteiger partial charge in [-0.05, 0) is 61.9 Å². The summed E-state index contributed by atoms with van der Waals surface area (Å²) in [5.74, 6) is 1.08. The quantitative estimate of drug-likeness (QED) is 0.710. The van der Waals surface area contributed by atoms with Crippen LogP contribution in [0.5, 0.6) is 0 Å². The monoisotopic (exact) mass is 374 g/mol. The first kappa shape index (κ1) is 21.4. The molecule has 0 radical (unpaired) electrons. The van der Waals surface area contributed by atoms with Crippen LogP contribution in [0.3, 0.4) is 0 Å². The van der Waals surface area contributed by atoms with Crippen LogP contribution in [0.1, 0.15) is 56.0 Å². The lowest BCUT2D eigenvalue weighted by atomic mass is 9.94. The van der Waals surface area contributed by atoms with Crippen molar-refractivity contribution < 1.29 is 14.3 Å². The number of methoxy groups -OCH3 is 1. The number of rotatable bonds is 8. The molecule has 1 aliphatic heterocycles. The molecule has 1 aliphatic rings. The normalized spacial score (nSPS) is 16.9. The highest BCUT2D eigenvalue weighted by atomic mass is 16.5. The first-order chi connectivity index (χ1) is 12.9. The summed E-state index contributed by atoms with van der Waals surface area (Å²) in [7, 11) is 1.37. The van der Waals surface area contributed by atoms with Crippen molar-refractivity contribution in [2.45, 2.75) is 52.5 Å². The van der Waals surface area contributed by atoms with E-state index in [1.165, 1.54) is 20.0 Å². The molecule has 1 atom stereocenters. The van der Waals surface area contributed by atoms with E-state index in [-0.39, 0.29) is 11.9 Å². The van der Waals surface area contributed by atoms with E-state index < -0.39 is 0 Å². The van der Waals surface area contributed by atoms with E-state index in [0.717, 1.165) is 24.6 Å². The highest BCUT2D eigenvalue weighted by Crippen LogP contribution is 2.21. The van der Waals surface area contributed by atoms with E-state index in [1.807, 2.05) is 12.1 Å². The molecule has 5 nitrogen and oxygen atoms in total. The fourth-order valence-corrected chi connectivity index (χ4v) is 3.64. The van der Waals surface area contributed by atoms with Gasteiger partial charge in [-0.2, -0.15) is 0 Å². The number of nitrogens with one attached hydrogen (secondary N) is 1. The third kappa shape index (κ3) is 6.65. The summed E-state index contributed by atoms with van der Waals surface area (Å²) in [6.45, 7) is 9.77. The van der Waals surface area contributed by atoms with Crippen LogP contribution in [0, 0.1) is 11.8 Å². The van der Waals surface area contributed by atoms with E-state index in [4.69, 9.17) is 4.74 Å². The Morgan fingerprint density at radius 1 is 1.19 bits per heavy atom. The highest BCUT2D eigenvalue weighted by molar-refractivity contribution is 5.89. The number of piperidine rings is 1. The number of nitrogens with zero attached hydrogens (tertiary/aromatic N) is 1. The van der Waals surface area contributed by atoms with Crippen molar-refractivity contribution in [3.63, 3.8) is 0 Å². The molecule has 5 heteroatoms. The predicted octanol–water partition coefficient (Wildman–Crippen LogP) is 3.28. The van der Waals surface area contributed by atoms with Crippen LogP contribution in [0.25, 0.3) is 0 Å². The minimum atomic E-state index is -0.342. The summed E-state index contributed by atoms with van der Waals surface area (Å²) in [5.41, 5.74) is 1.57. The third-order valence-corrected chi connectivity index (χ3v) is 5.58. The molecule has 1 heterocycles. The number of carbonyl (C=O) groups excluding carboxylic acids is 2. The molecule has 1 fully saturated rings. The number of hydrogen-bond donors (Lipinski definition) is 1. The van der Waals surface area contributed by atoms with Crippen LogP contribution in [0.4, 0.5) is 0 Å². The second-order valence-corrected chi connectivity index (χ2v) is 8.02. The van der Waals surface area contributed by atoms with E-state index in [1.54, 1.807) is 12.1 Å². The zero-order chi connectivity index (χ0) is 19.8. The number of hydrogen-bond acceptors (Lipinski definition) is 4. The molecule has 1 saturated heterocycles. The smallest absolute Gasteiger partial charge is 0.337 e. The molecule has 27 heavy (non-hydrogen) atoms. The van der Waals surface area contributed by atoms with Crippen molar-refractivity contribution in [3.8, 4) is 0 Å². The molecule has 2 rings (SSSR count). The molecule has 0 bridgehead atoms. The van der Waals surface area contributed by atoms with Crippen molar-refractivity contribution >= 4 is 11.9 Å². The SMILES string of the molecule is COC(=O)c1ccc(CCC(=O)NCC(C(C)C)N2CCC(C)CC2)cc1. The Morgan fingerprint density at radius 3 is 2.37 bits per heavy atom. The molecule has 0 saturated carbocycles. The van der Waals surface area contributed by atoms with Gasteiger partial charge in [0.2, 0.25) is 5.91 Å². The van der Waals surface area contributed by atoms with E-state index in [9.17, 15) is 9.59 Å². The number of esters is 1. The van der Waals surface area contributed by atoms with Gasteiger partial charge in [-0.15, -0.1) is 0 Å². The van der Waals surface area contributed by atoms with Gasteiger partial charge in [-0.25, -0.2) is 4.79 Å². The minimum absolute atomic E-state index is 0.0862. The van der Waals surface area contributed by atoms with Crippen molar-refractivity contribution in [1.29, 1.82) is 0 Å². The van der Waals surface area contributed by atoms with Crippen molar-refractivity contribution in [2.75, 3.05) is 26.7 Å². The molecule has 1 unspecified atom stereocenters. The zero-order valence-electron chi connectivity index (χ0n) is 17.2. The molecule has 0 aliphatic carbocycles. The van der Waals surface area contributed by atoms with Gasteiger partial charge in [0.1, 0.15) is 0 Å². The largest absolute Gasteiger partial charge is 0.465 e. The Kier molecular flexibility index (Phi) is 8.29. The second-order valence-electron chi connectivity index (χ2n) is 8.02. The maximum Gasteiger partial charge on any atom is 0.337 e. The average Bonchev–Trinajstić information content (AvgIpc) is 2.67. The number of carbonyl (C=O) groups is 2. The van der Waals surface area contributed by atoms with Crippen LogP contribution < -0.4 is 5.32 Å². The van der Waals surface area contributed by atoms with Gasteiger partial charge < -0.3 is 10.1 Å². The van der Waals surface area contributed by atoms with E-state index in [2.05, 4.69) is 31.0 Å². The summed E-state index contributed by atoms with van der Waals surface area (Å²) in [4.78, 5) is 26.3. The molecular formula is C22H34N2O3. The van der Waals surface area contributed by atoms with Crippen LogP contribution >= 0.6 is 0 Å². The number of benzene rings is 1. The molecule has 150 valence electrons. The molecule has 1 N–H and O–H groups in total. The summed E-state index contributed by atoms with van der Waals surface area (Å²) < 4.78 is 4.70. The van der Waals surface area contributed by atoms with Crippen molar-refractivity contribution in [2.24, 2.45) is 11.8 Å². The molecule has 1 amide bonds. The maximum atomic E-state index is 12.3. The molecule has 1 aromatic rings. The summed E-state index contributed by atoms with van der Waals surface area (Å²) >= 11 is 0. The Labute approximate surface area is 163 Å². The van der Waals surface area contributed by atoms with Crippen molar-refractivity contribution in [3.05, 3.63) is 35.4 Å². The molecule has 1 aromatic carbocycles. The lowest BCUT2D eigenvalue weighted by Gasteiger charge is -2.38. The lowest BCUT2D eigenvalue weighted by molar-refractivity contribution is -0.121. The number of likely N-dealkylation sites (tertiary alicyclic amines) is 1. The van der Waals surface area contributed by atoms with Gasteiger partial charge in [0, 0.05) is 19.0 Å². The van der Waals surface area contributed by atoms with Crippen LogP contribution in [0.2, 0.25) is 0 Å². The highest BCUT2D eigenvalue weighted by Gasteiger charge is 2.25. The van der Waals surface area contributed by atoms with Crippen LogP contribution in [-0.2, 0) is 16.0 Å². The van der Waals surface area contributed by atoms with E-state index in [0.29, 0.717) is 36.9 Å². The van der Waals surface area contributed by atoms with E-state index >= 15 is 0 Å². The number of aryl methyl sites for hydroxylation is 1. The Hall–Kier alpha value is -1.88. The molecular weight excluding hydrogens is 340 g/mol. The van der Waals surface area contributed by atoms with Gasteiger partial charge in [-0.1, -0.05) is 32.9 Å². The van der Waals surface area contributed by atoms with Gasteiger partial charge in [0.15, 0.2) is 0 Å². The Balaban J connectivity index is 1.78. The number of ether oxygens (including phenoxy) is 1. The maximum absolute atomic E-state index is 12.3. The molecule has 0 spiro atoms. The fourth-order valence-electron chi connectivity index (χ4n) is 3.64. The average molecular weight is 375 g/mol. The summed E-state index contributed by atoms with van der Waals surface area (Å²) in [6.07, 6.45) is 3.62. The van der Waals surface area contributed by atoms with Gasteiger partial charge in [0.05, 0.1) is 12.7 Å². The third-order valence-electron chi connectivity index (χ3n) is 5.58. The fraction of sp³-hybridized carbons (Fsp3) is 0.636. The van der Waals surface area contributed by atoms with Gasteiger partial charge in [-0.3, -0.25) is 9.69 Å². The standard InChI is InChI=1S/C22H34N2O3/c1-16(2)20(24-13-11-17(3)12-14-24)15-23-21(25)10-7-18-5-8-19(9-6-18)22(26)27-4/h5-6,8-9,16-17,20H,7,10-15H2,1-4H3,(H,23,25). The Morgan fingerprint density at radius 2 is 1.81 bits per heavy atom. The van der Waals surface area contributed by atoms with Crippen molar-refractivity contribution in [1.82, 2.24) is 10.2 Å². The first-order valence-corrected chi connectivity index (χ1v) is 10.1. The van der Waals surface area contributed by atoms with Crippen LogP contribution in [-0.4, -0.2) is 49.6 Å². The van der Waals surface area contributed by atoms with Crippen LogP contribution in [0.15, 0.2) is 24.3 Å². The lowest BCUT2D eigenvalue weighted by Crippen LogP contribution is -2.49. The number of amides is 1. The molecule has 0 aromatic heterocycles. The zero-order valence-corrected chi connectivity index (χ0v) is 17.2. The first-order valence-electron chi connectivity index (χ1n) is 10.1. The Bertz CT molecular complexity index is 604. The minimum Gasteiger partial charge on any atom is -0.465 e. The summed E-state index contributed by atoms with van der Waals surface area (Å²) in [5, 5.41) is 3.13. The topological polar surface area (TPSA) is 58.6 Å². The second kappa shape index (κ2) is 10.5. The summed E-state index contributed by atoms with van der Waals surface area (Å²) in [6, 6.07) is 7.65. The van der Waals surface area contributed by atoms with Gasteiger partial charge >= 0.3 is 5.97 Å². The predicted molar refractivity (Wildman–Crippen MR) is 108 cm³/mol. The van der Waals surface area contributed by atoms with Gasteiger partial charge in [0.25, 0.3) is 0 Å².